The fraction of sp³-hybridized carbons (Fsp3) is 0.462. The Balaban J connectivity index is 1.90. The van der Waals surface area contributed by atoms with Gasteiger partial charge in [-0.05, 0) is 25.1 Å². The van der Waals surface area contributed by atoms with Crippen molar-refractivity contribution in [2.75, 3.05) is 31.5 Å². The molecule has 19 heavy (non-hydrogen) atoms. The van der Waals surface area contributed by atoms with Crippen LogP contribution in [0.25, 0.3) is 0 Å². The number of carbonyl (C=O) groups is 1. The highest BCUT2D eigenvalue weighted by atomic mass is 35.5. The zero-order valence-corrected chi connectivity index (χ0v) is 11.5. The van der Waals surface area contributed by atoms with Crippen LogP contribution in [0.1, 0.15) is 6.92 Å². The van der Waals surface area contributed by atoms with Gasteiger partial charge in [0.1, 0.15) is 5.82 Å². The van der Waals surface area contributed by atoms with E-state index in [0.29, 0.717) is 11.1 Å². The minimum absolute atomic E-state index is 0.164. The summed E-state index contributed by atoms with van der Waals surface area (Å²) < 4.78 is 13.5. The number of piperazine rings is 1. The van der Waals surface area contributed by atoms with E-state index in [0.717, 1.165) is 19.6 Å². The van der Waals surface area contributed by atoms with E-state index in [4.69, 9.17) is 11.6 Å². The van der Waals surface area contributed by atoms with Crippen LogP contribution < -0.4 is 10.6 Å². The molecule has 0 unspecified atom stereocenters. The average molecular weight is 286 g/mol. The molecule has 0 aromatic heterocycles. The van der Waals surface area contributed by atoms with Crippen LogP contribution in [0, 0.1) is 5.82 Å². The molecule has 1 aliphatic heterocycles. The SMILES string of the molecule is C[C@H]1CN(CC(=O)Nc2ccc(Cl)cc2F)CCN1. The van der Waals surface area contributed by atoms with Crippen molar-refractivity contribution in [1.29, 1.82) is 0 Å². The number of benzene rings is 1. The number of amides is 1. The van der Waals surface area contributed by atoms with Crippen molar-refractivity contribution in [2.45, 2.75) is 13.0 Å². The van der Waals surface area contributed by atoms with E-state index in [1.165, 1.54) is 12.1 Å². The molecule has 1 aromatic rings. The summed E-state index contributed by atoms with van der Waals surface area (Å²) in [5.41, 5.74) is 0.164. The fourth-order valence-electron chi connectivity index (χ4n) is 2.14. The number of hydrogen-bond donors (Lipinski definition) is 2. The molecule has 0 bridgehead atoms. The van der Waals surface area contributed by atoms with Gasteiger partial charge in [0.15, 0.2) is 0 Å². The fourth-order valence-corrected chi connectivity index (χ4v) is 2.30. The molecule has 1 atom stereocenters. The molecule has 0 radical (unpaired) electrons. The summed E-state index contributed by atoms with van der Waals surface area (Å²) in [7, 11) is 0. The number of nitrogens with zero attached hydrogens (tertiary/aromatic N) is 1. The van der Waals surface area contributed by atoms with Crippen LogP contribution in [0.4, 0.5) is 10.1 Å². The van der Waals surface area contributed by atoms with Gasteiger partial charge >= 0.3 is 0 Å². The zero-order valence-electron chi connectivity index (χ0n) is 10.7. The molecule has 0 saturated carbocycles. The maximum atomic E-state index is 13.5. The van der Waals surface area contributed by atoms with E-state index < -0.39 is 5.82 Å². The van der Waals surface area contributed by atoms with Crippen LogP contribution >= 0.6 is 11.6 Å². The molecule has 1 amide bonds. The summed E-state index contributed by atoms with van der Waals surface area (Å²) in [6.07, 6.45) is 0. The van der Waals surface area contributed by atoms with E-state index in [9.17, 15) is 9.18 Å². The summed E-state index contributed by atoms with van der Waals surface area (Å²) in [5.74, 6) is -0.732. The Labute approximate surface area is 116 Å². The third-order valence-corrected chi connectivity index (χ3v) is 3.26. The predicted octanol–water partition coefficient (Wildman–Crippen LogP) is 1.71. The van der Waals surface area contributed by atoms with E-state index in [2.05, 4.69) is 17.6 Å². The second kappa shape index (κ2) is 6.32. The maximum Gasteiger partial charge on any atom is 0.238 e. The van der Waals surface area contributed by atoms with Crippen molar-refractivity contribution in [2.24, 2.45) is 0 Å². The molecule has 6 heteroatoms. The standard InChI is InChI=1S/C13H17ClFN3O/c1-9-7-18(5-4-16-9)8-13(19)17-12-3-2-10(14)6-11(12)15/h2-3,6,9,16H,4-5,7-8H2,1H3,(H,17,19)/t9-/m0/s1. The monoisotopic (exact) mass is 285 g/mol. The van der Waals surface area contributed by atoms with E-state index in [1.54, 1.807) is 6.07 Å². The molecule has 2 N–H and O–H groups in total. The Hall–Kier alpha value is -1.17. The predicted molar refractivity (Wildman–Crippen MR) is 73.9 cm³/mol. The number of halogens is 2. The van der Waals surface area contributed by atoms with Gasteiger partial charge in [-0.2, -0.15) is 0 Å². The molecule has 2 rings (SSSR count). The minimum Gasteiger partial charge on any atom is -0.322 e. The summed E-state index contributed by atoms with van der Waals surface area (Å²) in [4.78, 5) is 13.9. The molecule has 0 spiro atoms. The molecule has 1 aromatic carbocycles. The van der Waals surface area contributed by atoms with Gasteiger partial charge in [0.2, 0.25) is 5.91 Å². The minimum atomic E-state index is -0.519. The lowest BCUT2D eigenvalue weighted by Crippen LogP contribution is -2.51. The lowest BCUT2D eigenvalue weighted by Gasteiger charge is -2.31. The van der Waals surface area contributed by atoms with Gasteiger partial charge in [-0.15, -0.1) is 0 Å². The topological polar surface area (TPSA) is 44.4 Å². The lowest BCUT2D eigenvalue weighted by molar-refractivity contribution is -0.117. The number of hydrogen-bond acceptors (Lipinski definition) is 3. The number of nitrogens with one attached hydrogen (secondary N) is 2. The van der Waals surface area contributed by atoms with Gasteiger partial charge in [0.05, 0.1) is 12.2 Å². The first-order valence-corrected chi connectivity index (χ1v) is 6.63. The van der Waals surface area contributed by atoms with Crippen LogP contribution in [0.3, 0.4) is 0 Å². The van der Waals surface area contributed by atoms with Gasteiger partial charge in [0.25, 0.3) is 0 Å². The van der Waals surface area contributed by atoms with Gasteiger partial charge < -0.3 is 10.6 Å². The second-order valence-corrected chi connectivity index (χ2v) is 5.20. The van der Waals surface area contributed by atoms with Crippen LogP contribution in [0.2, 0.25) is 5.02 Å². The Bertz CT molecular complexity index is 469. The van der Waals surface area contributed by atoms with Crippen molar-refractivity contribution in [3.05, 3.63) is 29.0 Å². The van der Waals surface area contributed by atoms with E-state index in [1.807, 2.05) is 4.90 Å². The molecule has 1 fully saturated rings. The van der Waals surface area contributed by atoms with Gasteiger partial charge in [-0.3, -0.25) is 9.69 Å². The smallest absolute Gasteiger partial charge is 0.238 e. The maximum absolute atomic E-state index is 13.5. The average Bonchev–Trinajstić information content (AvgIpc) is 2.33. The first-order valence-electron chi connectivity index (χ1n) is 6.25. The van der Waals surface area contributed by atoms with Crippen molar-refractivity contribution < 1.29 is 9.18 Å². The Morgan fingerprint density at radius 3 is 3.11 bits per heavy atom. The first-order chi connectivity index (χ1) is 9.04. The summed E-state index contributed by atoms with van der Waals surface area (Å²) >= 11 is 5.66. The summed E-state index contributed by atoms with van der Waals surface area (Å²) in [6.45, 7) is 4.85. The van der Waals surface area contributed by atoms with Crippen LogP contribution in [-0.4, -0.2) is 43.0 Å². The number of rotatable bonds is 3. The highest BCUT2D eigenvalue weighted by molar-refractivity contribution is 6.30. The second-order valence-electron chi connectivity index (χ2n) is 4.76. The Morgan fingerprint density at radius 2 is 2.42 bits per heavy atom. The van der Waals surface area contributed by atoms with Gasteiger partial charge in [-0.25, -0.2) is 4.39 Å². The molecule has 0 aliphatic carbocycles. The van der Waals surface area contributed by atoms with E-state index >= 15 is 0 Å². The Kier molecular flexibility index (Phi) is 4.74. The van der Waals surface area contributed by atoms with Crippen molar-refractivity contribution >= 4 is 23.2 Å². The van der Waals surface area contributed by atoms with Crippen LogP contribution in [0.15, 0.2) is 18.2 Å². The van der Waals surface area contributed by atoms with Gasteiger partial charge in [-0.1, -0.05) is 11.6 Å². The zero-order chi connectivity index (χ0) is 13.8. The third kappa shape index (κ3) is 4.16. The molecule has 1 heterocycles. The summed E-state index contributed by atoms with van der Waals surface area (Å²) in [5, 5.41) is 6.18. The molecule has 1 aliphatic rings. The molecular weight excluding hydrogens is 269 g/mol. The van der Waals surface area contributed by atoms with Crippen molar-refractivity contribution in [3.8, 4) is 0 Å². The van der Waals surface area contributed by atoms with E-state index in [-0.39, 0.29) is 18.1 Å². The van der Waals surface area contributed by atoms with Crippen molar-refractivity contribution in [3.63, 3.8) is 0 Å². The quantitative estimate of drug-likeness (QED) is 0.889. The summed E-state index contributed by atoms with van der Waals surface area (Å²) in [6, 6.07) is 4.57. The highest BCUT2D eigenvalue weighted by Crippen LogP contribution is 2.18. The Morgan fingerprint density at radius 1 is 1.63 bits per heavy atom. The first kappa shape index (κ1) is 14.2. The molecule has 104 valence electrons. The van der Waals surface area contributed by atoms with Crippen LogP contribution in [-0.2, 0) is 4.79 Å². The van der Waals surface area contributed by atoms with Gasteiger partial charge in [0, 0.05) is 30.7 Å². The molecular formula is C13H17ClFN3O. The molecule has 4 nitrogen and oxygen atoms in total. The van der Waals surface area contributed by atoms with Crippen LogP contribution in [0.5, 0.6) is 0 Å². The number of carbonyl (C=O) groups excluding carboxylic acids is 1. The molecule has 1 saturated heterocycles. The number of anilines is 1. The lowest BCUT2D eigenvalue weighted by atomic mass is 10.2. The third-order valence-electron chi connectivity index (χ3n) is 3.03. The highest BCUT2D eigenvalue weighted by Gasteiger charge is 2.18. The normalized spacial score (nSPS) is 20.3. The van der Waals surface area contributed by atoms with Crippen molar-refractivity contribution in [1.82, 2.24) is 10.2 Å². The largest absolute Gasteiger partial charge is 0.322 e.